The van der Waals surface area contributed by atoms with Crippen LogP contribution in [0.3, 0.4) is 0 Å². The molecule has 3 aromatic rings. The molecule has 0 amide bonds. The molecule has 0 bridgehead atoms. The summed E-state index contributed by atoms with van der Waals surface area (Å²) in [6.07, 6.45) is 0. The zero-order valence-electron chi connectivity index (χ0n) is 10.3. The molecule has 0 aliphatic heterocycles. The first-order valence-corrected chi connectivity index (χ1v) is 6.60. The highest BCUT2D eigenvalue weighted by Crippen LogP contribution is 2.33. The third kappa shape index (κ3) is 1.60. The van der Waals surface area contributed by atoms with Gasteiger partial charge in [0.2, 0.25) is 0 Å². The zero-order chi connectivity index (χ0) is 12.0. The van der Waals surface area contributed by atoms with E-state index in [1.165, 1.54) is 31.9 Å². The Kier molecular flexibility index (Phi) is 2.33. The van der Waals surface area contributed by atoms with Crippen LogP contribution in [0.5, 0.6) is 0 Å². The minimum Gasteiger partial charge on any atom is -0.344 e. The van der Waals surface area contributed by atoms with Crippen LogP contribution in [0.4, 0.5) is 0 Å². The van der Waals surface area contributed by atoms with Gasteiger partial charge in [0, 0.05) is 39.0 Å². The van der Waals surface area contributed by atoms with Crippen molar-refractivity contribution in [2.75, 3.05) is 0 Å². The number of aryl methyl sites for hydroxylation is 3. The molecule has 0 N–H and O–H groups in total. The number of nitrogens with zero attached hydrogens (tertiary/aromatic N) is 1. The van der Waals surface area contributed by atoms with Gasteiger partial charge in [0.25, 0.3) is 0 Å². The van der Waals surface area contributed by atoms with E-state index < -0.39 is 0 Å². The van der Waals surface area contributed by atoms with Crippen LogP contribution in [-0.2, 0) is 7.05 Å². The van der Waals surface area contributed by atoms with E-state index in [9.17, 15) is 0 Å². The van der Waals surface area contributed by atoms with Crippen molar-refractivity contribution in [1.82, 2.24) is 4.57 Å². The van der Waals surface area contributed by atoms with Crippen LogP contribution in [-0.4, -0.2) is 4.57 Å². The Balaban J connectivity index is 2.31. The molecular weight excluding hydrogens is 226 g/mol. The lowest BCUT2D eigenvalue weighted by atomic mass is 10.1. The first kappa shape index (κ1) is 10.6. The Morgan fingerprint density at radius 2 is 1.82 bits per heavy atom. The fraction of sp³-hybridized carbons (Fsp3) is 0.200. The van der Waals surface area contributed by atoms with Gasteiger partial charge in [0.1, 0.15) is 0 Å². The lowest BCUT2D eigenvalue weighted by Gasteiger charge is -2.03. The van der Waals surface area contributed by atoms with Crippen molar-refractivity contribution < 1.29 is 0 Å². The molecule has 0 atom stereocenters. The summed E-state index contributed by atoms with van der Waals surface area (Å²) in [5.41, 5.74) is 3.98. The molecule has 0 aliphatic rings. The maximum atomic E-state index is 2.29. The van der Waals surface area contributed by atoms with Crippen molar-refractivity contribution in [3.8, 4) is 11.3 Å². The van der Waals surface area contributed by atoms with Crippen LogP contribution in [0, 0.1) is 13.8 Å². The molecule has 0 radical (unpaired) electrons. The van der Waals surface area contributed by atoms with E-state index in [0.717, 1.165) is 0 Å². The number of fused-ring (bicyclic) bond motifs is 1. The summed E-state index contributed by atoms with van der Waals surface area (Å²) in [6, 6.07) is 13.1. The Morgan fingerprint density at radius 3 is 2.47 bits per heavy atom. The third-order valence-electron chi connectivity index (χ3n) is 3.27. The minimum absolute atomic E-state index is 1.30. The largest absolute Gasteiger partial charge is 0.344 e. The molecule has 2 heterocycles. The van der Waals surface area contributed by atoms with Crippen molar-refractivity contribution >= 4 is 22.2 Å². The first-order valence-electron chi connectivity index (χ1n) is 5.78. The standard InChI is InChI=1S/C15H15NS/c1-10-8-13(11(2)17-10)15-9-12-6-4-5-7-14(12)16(15)3/h4-9H,1-3H3. The van der Waals surface area contributed by atoms with Crippen molar-refractivity contribution in [2.45, 2.75) is 13.8 Å². The van der Waals surface area contributed by atoms with Crippen LogP contribution in [0.2, 0.25) is 0 Å². The second-order valence-electron chi connectivity index (χ2n) is 4.47. The van der Waals surface area contributed by atoms with E-state index in [-0.39, 0.29) is 0 Å². The Morgan fingerprint density at radius 1 is 1.06 bits per heavy atom. The topological polar surface area (TPSA) is 4.93 Å². The van der Waals surface area contributed by atoms with Crippen molar-refractivity contribution in [2.24, 2.45) is 7.05 Å². The molecule has 0 aliphatic carbocycles. The van der Waals surface area contributed by atoms with Gasteiger partial charge < -0.3 is 4.57 Å². The predicted molar refractivity (Wildman–Crippen MR) is 75.7 cm³/mol. The second-order valence-corrected chi connectivity index (χ2v) is 5.93. The molecule has 0 fully saturated rings. The summed E-state index contributed by atoms with van der Waals surface area (Å²) in [5.74, 6) is 0. The van der Waals surface area contributed by atoms with Crippen LogP contribution in [0.1, 0.15) is 9.75 Å². The highest BCUT2D eigenvalue weighted by Gasteiger charge is 2.11. The summed E-state index contributed by atoms with van der Waals surface area (Å²) >= 11 is 1.87. The summed E-state index contributed by atoms with van der Waals surface area (Å²) in [6.45, 7) is 4.37. The predicted octanol–water partition coefficient (Wildman–Crippen LogP) is 4.52. The van der Waals surface area contributed by atoms with Crippen molar-refractivity contribution in [3.63, 3.8) is 0 Å². The molecule has 0 saturated carbocycles. The fourth-order valence-electron chi connectivity index (χ4n) is 2.43. The third-order valence-corrected chi connectivity index (χ3v) is 4.23. The first-order chi connectivity index (χ1) is 8.16. The fourth-order valence-corrected chi connectivity index (χ4v) is 3.37. The minimum atomic E-state index is 1.30. The maximum absolute atomic E-state index is 2.29. The number of thiophene rings is 1. The number of aromatic nitrogens is 1. The van der Waals surface area contributed by atoms with Gasteiger partial charge in [0.15, 0.2) is 0 Å². The van der Waals surface area contributed by atoms with E-state index in [1.807, 2.05) is 11.3 Å². The number of para-hydroxylation sites is 1. The normalized spacial score (nSPS) is 11.2. The Hall–Kier alpha value is -1.54. The monoisotopic (exact) mass is 241 g/mol. The molecular formula is C15H15NS. The second kappa shape index (κ2) is 3.74. The molecule has 0 spiro atoms. The lowest BCUT2D eigenvalue weighted by molar-refractivity contribution is 0.978. The Bertz CT molecular complexity index is 688. The van der Waals surface area contributed by atoms with Gasteiger partial charge in [-0.05, 0) is 32.0 Å². The molecule has 2 heteroatoms. The van der Waals surface area contributed by atoms with Crippen molar-refractivity contribution in [3.05, 3.63) is 46.2 Å². The average Bonchev–Trinajstić information content (AvgIpc) is 2.80. The van der Waals surface area contributed by atoms with Gasteiger partial charge in [-0.25, -0.2) is 0 Å². The number of hydrogen-bond acceptors (Lipinski definition) is 1. The van der Waals surface area contributed by atoms with Gasteiger partial charge in [-0.1, -0.05) is 18.2 Å². The maximum Gasteiger partial charge on any atom is 0.0499 e. The molecule has 0 saturated heterocycles. The molecule has 1 aromatic carbocycles. The number of hydrogen-bond donors (Lipinski definition) is 0. The number of benzene rings is 1. The number of rotatable bonds is 1. The van der Waals surface area contributed by atoms with Crippen LogP contribution in [0.25, 0.3) is 22.2 Å². The molecule has 17 heavy (non-hydrogen) atoms. The van der Waals surface area contributed by atoms with E-state index in [4.69, 9.17) is 0 Å². The van der Waals surface area contributed by atoms with Crippen LogP contribution < -0.4 is 0 Å². The molecule has 3 rings (SSSR count). The van der Waals surface area contributed by atoms with Gasteiger partial charge in [-0.15, -0.1) is 11.3 Å². The summed E-state index contributed by atoms with van der Waals surface area (Å²) in [7, 11) is 2.14. The average molecular weight is 241 g/mol. The van der Waals surface area contributed by atoms with Crippen LogP contribution in [0.15, 0.2) is 36.4 Å². The summed E-state index contributed by atoms with van der Waals surface area (Å²) in [5, 5.41) is 1.31. The van der Waals surface area contributed by atoms with E-state index in [2.05, 4.69) is 61.9 Å². The van der Waals surface area contributed by atoms with Gasteiger partial charge in [0.05, 0.1) is 0 Å². The van der Waals surface area contributed by atoms with Crippen LogP contribution >= 0.6 is 11.3 Å². The lowest BCUT2D eigenvalue weighted by Crippen LogP contribution is -1.90. The Labute approximate surface area is 105 Å². The van der Waals surface area contributed by atoms with Gasteiger partial charge >= 0.3 is 0 Å². The van der Waals surface area contributed by atoms with Gasteiger partial charge in [-0.2, -0.15) is 0 Å². The summed E-state index contributed by atoms with van der Waals surface area (Å²) in [4.78, 5) is 2.77. The van der Waals surface area contributed by atoms with E-state index >= 15 is 0 Å². The van der Waals surface area contributed by atoms with Gasteiger partial charge in [-0.3, -0.25) is 0 Å². The zero-order valence-corrected chi connectivity index (χ0v) is 11.1. The molecule has 86 valence electrons. The highest BCUT2D eigenvalue weighted by atomic mass is 32.1. The molecule has 0 unspecified atom stereocenters. The SMILES string of the molecule is Cc1cc(-c2cc3ccccc3n2C)c(C)s1. The molecule has 2 aromatic heterocycles. The quantitative estimate of drug-likeness (QED) is 0.590. The van der Waals surface area contributed by atoms with E-state index in [1.54, 1.807) is 0 Å². The smallest absolute Gasteiger partial charge is 0.0499 e. The van der Waals surface area contributed by atoms with Crippen molar-refractivity contribution in [1.29, 1.82) is 0 Å². The summed E-state index contributed by atoms with van der Waals surface area (Å²) < 4.78 is 2.28. The highest BCUT2D eigenvalue weighted by molar-refractivity contribution is 7.12. The molecule has 1 nitrogen and oxygen atoms in total. The van der Waals surface area contributed by atoms with E-state index in [0.29, 0.717) is 0 Å².